The van der Waals surface area contributed by atoms with Crippen LogP contribution in [0.15, 0.2) is 39.4 Å². The van der Waals surface area contributed by atoms with Crippen LogP contribution in [0.5, 0.6) is 0 Å². The van der Waals surface area contributed by atoms with Crippen molar-refractivity contribution in [1.29, 1.82) is 0 Å². The van der Waals surface area contributed by atoms with Gasteiger partial charge >= 0.3 is 0 Å². The maximum absolute atomic E-state index is 13.8. The van der Waals surface area contributed by atoms with Gasteiger partial charge in [0.1, 0.15) is 15.8 Å². The Hall–Kier alpha value is -1.61. The molecule has 3 heterocycles. The Labute approximate surface area is 217 Å². The second kappa shape index (κ2) is 10.0. The maximum Gasteiger partial charge on any atom is 0.253 e. The number of sulfonamides is 1. The number of hydrogen-bond acceptors (Lipinski definition) is 9. The van der Waals surface area contributed by atoms with E-state index in [1.54, 1.807) is 12.1 Å². The van der Waals surface area contributed by atoms with Crippen LogP contribution in [0.4, 0.5) is 5.13 Å². The van der Waals surface area contributed by atoms with E-state index in [1.807, 2.05) is 19.0 Å². The molecule has 1 aliphatic heterocycles. The van der Waals surface area contributed by atoms with Gasteiger partial charge in [0.25, 0.3) is 10.0 Å². The summed E-state index contributed by atoms with van der Waals surface area (Å²) in [6.07, 6.45) is 2.05. The Morgan fingerprint density at radius 2 is 1.89 bits per heavy atom. The van der Waals surface area contributed by atoms with Crippen molar-refractivity contribution in [3.8, 4) is 0 Å². The van der Waals surface area contributed by atoms with Gasteiger partial charge in [0.2, 0.25) is 5.91 Å². The summed E-state index contributed by atoms with van der Waals surface area (Å²) in [4.78, 5) is 21.9. The summed E-state index contributed by atoms with van der Waals surface area (Å²) in [5.74, 6) is -0.379. The molecule has 0 aliphatic carbocycles. The number of aromatic nitrogens is 1. The predicted octanol–water partition coefficient (Wildman–Crippen LogP) is 3.16. The molecule has 35 heavy (non-hydrogen) atoms. The van der Waals surface area contributed by atoms with Crippen molar-refractivity contribution in [2.24, 2.45) is 0 Å². The molecule has 14 heteroatoms. The second-order valence-corrected chi connectivity index (χ2v) is 15.3. The molecule has 0 spiro atoms. The summed E-state index contributed by atoms with van der Waals surface area (Å²) >= 11 is 8.13. The number of fused-ring (bicyclic) bond motifs is 1. The van der Waals surface area contributed by atoms with Gasteiger partial charge < -0.3 is 4.90 Å². The number of rotatable bonds is 8. The Morgan fingerprint density at radius 1 is 1.14 bits per heavy atom. The number of benzene rings is 1. The number of sulfone groups is 1. The highest BCUT2D eigenvalue weighted by atomic mass is 35.5. The molecular weight excluding hydrogens is 552 g/mol. The van der Waals surface area contributed by atoms with Crippen molar-refractivity contribution in [2.45, 2.75) is 28.0 Å². The number of carbonyl (C=O) groups excluding carboxylic acids is 1. The van der Waals surface area contributed by atoms with E-state index in [1.165, 1.54) is 38.7 Å². The summed E-state index contributed by atoms with van der Waals surface area (Å²) in [5.41, 5.74) is 0.307. The lowest BCUT2D eigenvalue weighted by atomic mass is 10.2. The normalized spacial score (nSPS) is 17.5. The predicted molar refractivity (Wildman–Crippen MR) is 140 cm³/mol. The number of para-hydroxylation sites is 1. The van der Waals surface area contributed by atoms with Crippen molar-refractivity contribution in [3.05, 3.63) is 34.7 Å². The third-order valence-electron chi connectivity index (χ3n) is 5.64. The number of carbonyl (C=O) groups is 1. The molecule has 4 rings (SSSR count). The SMILES string of the molecule is CN(C)CCN(C(=O)C1CCCN1S(=O)(=O)c1ccc(Cl)s1)c1nc2c(S(C)(=O)=O)cccc2s1. The summed E-state index contributed by atoms with van der Waals surface area (Å²) in [5, 5.41) is 0.339. The van der Waals surface area contributed by atoms with Gasteiger partial charge in [-0.2, -0.15) is 4.31 Å². The Morgan fingerprint density at radius 3 is 2.51 bits per heavy atom. The zero-order chi connectivity index (χ0) is 25.5. The Bertz CT molecular complexity index is 1470. The summed E-state index contributed by atoms with van der Waals surface area (Å²) in [6.45, 7) is 1.02. The molecule has 0 saturated carbocycles. The van der Waals surface area contributed by atoms with Gasteiger partial charge in [0, 0.05) is 25.9 Å². The summed E-state index contributed by atoms with van der Waals surface area (Å²) < 4.78 is 53.5. The monoisotopic (exact) mass is 576 g/mol. The molecule has 1 saturated heterocycles. The fraction of sp³-hybridized carbons (Fsp3) is 0.429. The molecular formula is C21H25ClN4O5S4. The van der Waals surface area contributed by atoms with E-state index in [-0.39, 0.29) is 28.1 Å². The summed E-state index contributed by atoms with van der Waals surface area (Å²) in [6, 6.07) is 6.98. The lowest BCUT2D eigenvalue weighted by Crippen LogP contribution is -2.49. The first-order valence-corrected chi connectivity index (χ1v) is 16.1. The molecule has 3 aromatic rings. The second-order valence-electron chi connectivity index (χ2n) is 8.50. The first kappa shape index (κ1) is 26.5. The number of halogens is 1. The van der Waals surface area contributed by atoms with E-state index in [2.05, 4.69) is 4.98 Å². The van der Waals surface area contributed by atoms with Crippen LogP contribution in [0.2, 0.25) is 4.34 Å². The largest absolute Gasteiger partial charge is 0.308 e. The molecule has 2 aromatic heterocycles. The van der Waals surface area contributed by atoms with E-state index in [0.717, 1.165) is 17.6 Å². The van der Waals surface area contributed by atoms with Crippen molar-refractivity contribution in [1.82, 2.24) is 14.2 Å². The molecule has 1 aliphatic rings. The molecule has 0 N–H and O–H groups in total. The molecule has 1 fully saturated rings. The minimum Gasteiger partial charge on any atom is -0.308 e. The quantitative estimate of drug-likeness (QED) is 0.405. The number of likely N-dealkylation sites (N-methyl/N-ethyl adjacent to an activating group) is 1. The Kier molecular flexibility index (Phi) is 7.59. The van der Waals surface area contributed by atoms with Gasteiger partial charge in [-0.3, -0.25) is 9.69 Å². The van der Waals surface area contributed by atoms with E-state index < -0.39 is 25.9 Å². The molecule has 9 nitrogen and oxygen atoms in total. The average molecular weight is 577 g/mol. The van der Waals surface area contributed by atoms with Gasteiger partial charge in [-0.05, 0) is 51.2 Å². The molecule has 0 bridgehead atoms. The minimum absolute atomic E-state index is 0.0946. The number of amides is 1. The summed E-state index contributed by atoms with van der Waals surface area (Å²) in [7, 11) is -3.68. The number of anilines is 1. The van der Waals surface area contributed by atoms with Crippen LogP contribution in [-0.4, -0.2) is 83.0 Å². The fourth-order valence-corrected chi connectivity index (χ4v) is 9.12. The maximum atomic E-state index is 13.8. The third kappa shape index (κ3) is 5.41. The highest BCUT2D eigenvalue weighted by Crippen LogP contribution is 2.36. The zero-order valence-corrected chi connectivity index (χ0v) is 23.4. The van der Waals surface area contributed by atoms with E-state index in [0.29, 0.717) is 39.1 Å². The van der Waals surface area contributed by atoms with Gasteiger partial charge in [-0.25, -0.2) is 21.8 Å². The molecule has 1 unspecified atom stereocenters. The molecule has 1 amide bonds. The van der Waals surface area contributed by atoms with Gasteiger partial charge in [0.05, 0.1) is 13.9 Å². The van der Waals surface area contributed by atoms with Crippen LogP contribution in [0.1, 0.15) is 12.8 Å². The standard InChI is InChI=1S/C21H25ClN4O5S4/c1-24(2)12-13-25(21-23-19-15(32-21)7-4-8-16(19)34(3,28)29)20(27)14-6-5-11-26(14)35(30,31)18-10-9-17(22)33-18/h4,7-10,14H,5-6,11-13H2,1-3H3. The lowest BCUT2D eigenvalue weighted by Gasteiger charge is -2.29. The van der Waals surface area contributed by atoms with Crippen molar-refractivity contribution in [2.75, 3.05) is 44.9 Å². The smallest absolute Gasteiger partial charge is 0.253 e. The van der Waals surface area contributed by atoms with Crippen LogP contribution in [0, 0.1) is 0 Å². The van der Waals surface area contributed by atoms with Crippen LogP contribution in [-0.2, 0) is 24.7 Å². The molecule has 1 aromatic carbocycles. The van der Waals surface area contributed by atoms with Gasteiger partial charge in [0.15, 0.2) is 15.0 Å². The number of thiazole rings is 1. The van der Waals surface area contributed by atoms with Gasteiger partial charge in [-0.1, -0.05) is 29.0 Å². The third-order valence-corrected chi connectivity index (χ3v) is 11.4. The molecule has 190 valence electrons. The van der Waals surface area contributed by atoms with Crippen molar-refractivity contribution >= 4 is 75.4 Å². The van der Waals surface area contributed by atoms with Crippen LogP contribution < -0.4 is 4.90 Å². The van der Waals surface area contributed by atoms with Crippen LogP contribution in [0.3, 0.4) is 0 Å². The number of hydrogen-bond donors (Lipinski definition) is 0. The van der Waals surface area contributed by atoms with Crippen molar-refractivity contribution in [3.63, 3.8) is 0 Å². The highest BCUT2D eigenvalue weighted by Gasteiger charge is 2.42. The Balaban J connectivity index is 1.73. The lowest BCUT2D eigenvalue weighted by molar-refractivity contribution is -0.121. The molecule has 0 radical (unpaired) electrons. The fourth-order valence-electron chi connectivity index (χ4n) is 3.93. The topological polar surface area (TPSA) is 108 Å². The van der Waals surface area contributed by atoms with Crippen LogP contribution >= 0.6 is 34.3 Å². The highest BCUT2D eigenvalue weighted by molar-refractivity contribution is 7.91. The first-order chi connectivity index (χ1) is 16.4. The van der Waals surface area contributed by atoms with E-state index in [9.17, 15) is 21.6 Å². The van der Waals surface area contributed by atoms with Crippen molar-refractivity contribution < 1.29 is 21.6 Å². The molecule has 1 atom stereocenters. The number of nitrogens with zero attached hydrogens (tertiary/aromatic N) is 4. The van der Waals surface area contributed by atoms with E-state index in [4.69, 9.17) is 11.6 Å². The number of thiophene rings is 1. The van der Waals surface area contributed by atoms with E-state index >= 15 is 0 Å². The van der Waals surface area contributed by atoms with Gasteiger partial charge in [-0.15, -0.1) is 11.3 Å². The average Bonchev–Trinajstić information content (AvgIpc) is 3.51. The minimum atomic E-state index is -3.90. The first-order valence-electron chi connectivity index (χ1n) is 10.7. The van der Waals surface area contributed by atoms with Crippen LogP contribution in [0.25, 0.3) is 10.2 Å². The zero-order valence-electron chi connectivity index (χ0n) is 19.3.